The highest BCUT2D eigenvalue weighted by Crippen LogP contribution is 2.25. The Balaban J connectivity index is 2.99. The van der Waals surface area contributed by atoms with Crippen molar-refractivity contribution in [1.29, 1.82) is 0 Å². The molecule has 0 bridgehead atoms. The molecule has 19 heavy (non-hydrogen) atoms. The predicted octanol–water partition coefficient (Wildman–Crippen LogP) is 2.18. The Kier molecular flexibility index (Phi) is 4.99. The van der Waals surface area contributed by atoms with Crippen LogP contribution < -0.4 is 5.32 Å². The van der Waals surface area contributed by atoms with Crippen molar-refractivity contribution in [3.8, 4) is 0 Å². The third kappa shape index (κ3) is 3.95. The summed E-state index contributed by atoms with van der Waals surface area (Å²) in [6, 6.07) is -0.442. The maximum absolute atomic E-state index is 12.7. The first kappa shape index (κ1) is 16.0. The molecule has 1 saturated heterocycles. The molecule has 1 aliphatic rings. The van der Waals surface area contributed by atoms with Gasteiger partial charge in [-0.15, -0.1) is 0 Å². The maximum Gasteiger partial charge on any atom is 0.245 e. The zero-order valence-corrected chi connectivity index (χ0v) is 13.1. The van der Waals surface area contributed by atoms with Crippen molar-refractivity contribution < 1.29 is 9.59 Å². The summed E-state index contributed by atoms with van der Waals surface area (Å²) < 4.78 is 0. The van der Waals surface area contributed by atoms with E-state index in [9.17, 15) is 9.59 Å². The van der Waals surface area contributed by atoms with Crippen LogP contribution in [0.1, 0.15) is 54.4 Å². The molecule has 0 radical (unpaired) electrons. The summed E-state index contributed by atoms with van der Waals surface area (Å²) in [4.78, 5) is 26.5. The smallest absolute Gasteiger partial charge is 0.245 e. The number of rotatable bonds is 3. The lowest BCUT2D eigenvalue weighted by atomic mass is 9.85. The van der Waals surface area contributed by atoms with Gasteiger partial charge in [-0.05, 0) is 18.3 Å². The lowest BCUT2D eigenvalue weighted by Gasteiger charge is -2.35. The number of carbonyl (C=O) groups is 2. The molecule has 1 aliphatic heterocycles. The minimum atomic E-state index is -0.422. The van der Waals surface area contributed by atoms with Gasteiger partial charge in [0.05, 0.1) is 0 Å². The molecule has 1 fully saturated rings. The fraction of sp³-hybridized carbons (Fsp3) is 0.867. The first-order valence-electron chi connectivity index (χ1n) is 7.26. The molecule has 4 nitrogen and oxygen atoms in total. The zero-order valence-electron chi connectivity index (χ0n) is 13.1. The summed E-state index contributed by atoms with van der Waals surface area (Å²) in [5.41, 5.74) is -0.259. The highest BCUT2D eigenvalue weighted by Gasteiger charge is 2.40. The third-order valence-corrected chi connectivity index (χ3v) is 3.92. The number of amides is 2. The quantitative estimate of drug-likeness (QED) is 0.853. The van der Waals surface area contributed by atoms with E-state index in [1.54, 1.807) is 0 Å². The molecule has 0 aromatic heterocycles. The van der Waals surface area contributed by atoms with Crippen molar-refractivity contribution in [2.75, 3.05) is 6.54 Å². The Morgan fingerprint density at radius 2 is 1.95 bits per heavy atom. The zero-order chi connectivity index (χ0) is 14.8. The molecular formula is C15H28N2O2. The van der Waals surface area contributed by atoms with Gasteiger partial charge in [0, 0.05) is 19.0 Å². The average Bonchev–Trinajstić information content (AvgIpc) is 2.39. The van der Waals surface area contributed by atoms with Crippen LogP contribution in [0.5, 0.6) is 0 Å². The average molecular weight is 268 g/mol. The van der Waals surface area contributed by atoms with E-state index < -0.39 is 6.04 Å². The molecule has 0 aromatic rings. The number of hydrogen-bond acceptors (Lipinski definition) is 2. The Morgan fingerprint density at radius 3 is 2.42 bits per heavy atom. The summed E-state index contributed by atoms with van der Waals surface area (Å²) in [6.45, 7) is 12.9. The van der Waals surface area contributed by atoms with Gasteiger partial charge >= 0.3 is 0 Å². The second kappa shape index (κ2) is 5.93. The fourth-order valence-corrected chi connectivity index (χ4v) is 2.36. The molecule has 1 heterocycles. The van der Waals surface area contributed by atoms with Crippen LogP contribution in [0.4, 0.5) is 0 Å². The molecule has 0 aromatic carbocycles. The van der Waals surface area contributed by atoms with Crippen LogP contribution in [0.2, 0.25) is 0 Å². The normalized spacial score (nSPS) is 26.9. The van der Waals surface area contributed by atoms with Crippen LogP contribution >= 0.6 is 0 Å². The molecule has 0 aliphatic carbocycles. The van der Waals surface area contributed by atoms with Gasteiger partial charge in [-0.3, -0.25) is 9.59 Å². The molecule has 0 spiro atoms. The molecule has 2 amide bonds. The molecule has 0 saturated carbocycles. The van der Waals surface area contributed by atoms with Gasteiger partial charge in [-0.25, -0.2) is 0 Å². The van der Waals surface area contributed by atoms with Gasteiger partial charge in [0.15, 0.2) is 0 Å². The van der Waals surface area contributed by atoms with E-state index in [0.29, 0.717) is 12.3 Å². The molecule has 3 atom stereocenters. The highest BCUT2D eigenvalue weighted by molar-refractivity contribution is 5.91. The number of carbonyl (C=O) groups excluding carboxylic acids is 2. The summed E-state index contributed by atoms with van der Waals surface area (Å²) in [5, 5.41) is 2.89. The Labute approximate surface area is 116 Å². The van der Waals surface area contributed by atoms with E-state index in [1.165, 1.54) is 0 Å². The van der Waals surface area contributed by atoms with Crippen LogP contribution in [0.25, 0.3) is 0 Å². The Morgan fingerprint density at radius 1 is 1.37 bits per heavy atom. The lowest BCUT2D eigenvalue weighted by molar-refractivity contribution is -0.138. The van der Waals surface area contributed by atoms with E-state index >= 15 is 0 Å². The number of nitrogens with zero attached hydrogens (tertiary/aromatic N) is 1. The largest absolute Gasteiger partial charge is 0.344 e. The predicted molar refractivity (Wildman–Crippen MR) is 76.6 cm³/mol. The lowest BCUT2D eigenvalue weighted by Crippen LogP contribution is -2.53. The summed E-state index contributed by atoms with van der Waals surface area (Å²) in [7, 11) is 0. The van der Waals surface area contributed by atoms with Gasteiger partial charge in [0.25, 0.3) is 0 Å². The minimum Gasteiger partial charge on any atom is -0.344 e. The van der Waals surface area contributed by atoms with Crippen molar-refractivity contribution in [1.82, 2.24) is 10.2 Å². The van der Waals surface area contributed by atoms with Crippen LogP contribution in [0.15, 0.2) is 0 Å². The standard InChI is InChI=1S/C15H28N2O2/c1-7-10(2)9-17-11(3)8-12(18)16-13(14(17)19)15(4,5)6/h10-11,13H,7-9H2,1-6H3,(H,16,18). The third-order valence-electron chi connectivity index (χ3n) is 3.92. The van der Waals surface area contributed by atoms with Gasteiger partial charge in [-0.2, -0.15) is 0 Å². The van der Waals surface area contributed by atoms with Gasteiger partial charge in [-0.1, -0.05) is 41.0 Å². The van der Waals surface area contributed by atoms with Crippen molar-refractivity contribution in [3.05, 3.63) is 0 Å². The van der Waals surface area contributed by atoms with Crippen molar-refractivity contribution in [2.45, 2.75) is 66.5 Å². The Hall–Kier alpha value is -1.06. The highest BCUT2D eigenvalue weighted by atomic mass is 16.2. The second-order valence-electron chi connectivity index (χ2n) is 6.92. The number of hydrogen-bond donors (Lipinski definition) is 1. The molecule has 3 unspecified atom stereocenters. The first-order valence-corrected chi connectivity index (χ1v) is 7.26. The topological polar surface area (TPSA) is 49.4 Å². The van der Waals surface area contributed by atoms with E-state index in [1.807, 2.05) is 32.6 Å². The summed E-state index contributed by atoms with van der Waals surface area (Å²) in [5.74, 6) is 0.499. The van der Waals surface area contributed by atoms with Crippen molar-refractivity contribution in [3.63, 3.8) is 0 Å². The summed E-state index contributed by atoms with van der Waals surface area (Å²) >= 11 is 0. The van der Waals surface area contributed by atoms with Gasteiger partial charge in [0.2, 0.25) is 11.8 Å². The first-order chi connectivity index (χ1) is 8.66. The molecule has 110 valence electrons. The van der Waals surface area contributed by atoms with E-state index in [0.717, 1.165) is 13.0 Å². The number of nitrogens with one attached hydrogen (secondary N) is 1. The molecule has 1 rings (SSSR count). The molecule has 1 N–H and O–H groups in total. The fourth-order valence-electron chi connectivity index (χ4n) is 2.36. The monoisotopic (exact) mass is 268 g/mol. The SMILES string of the molecule is CCC(C)CN1C(=O)C(C(C)(C)C)NC(=O)CC1C. The van der Waals surface area contributed by atoms with Crippen LogP contribution in [0.3, 0.4) is 0 Å². The minimum absolute atomic E-state index is 0.0196. The van der Waals surface area contributed by atoms with Gasteiger partial charge < -0.3 is 10.2 Å². The van der Waals surface area contributed by atoms with E-state index in [-0.39, 0.29) is 23.3 Å². The maximum atomic E-state index is 12.7. The second-order valence-corrected chi connectivity index (χ2v) is 6.92. The van der Waals surface area contributed by atoms with Gasteiger partial charge in [0.1, 0.15) is 6.04 Å². The van der Waals surface area contributed by atoms with Crippen LogP contribution in [-0.2, 0) is 9.59 Å². The summed E-state index contributed by atoms with van der Waals surface area (Å²) in [6.07, 6.45) is 1.44. The van der Waals surface area contributed by atoms with Crippen LogP contribution in [-0.4, -0.2) is 35.3 Å². The molecular weight excluding hydrogens is 240 g/mol. The van der Waals surface area contributed by atoms with Crippen LogP contribution in [0, 0.1) is 11.3 Å². The van der Waals surface area contributed by atoms with E-state index in [4.69, 9.17) is 0 Å². The van der Waals surface area contributed by atoms with Crippen molar-refractivity contribution in [2.24, 2.45) is 11.3 Å². The Bertz CT molecular complexity index is 347. The van der Waals surface area contributed by atoms with Crippen molar-refractivity contribution >= 4 is 11.8 Å². The van der Waals surface area contributed by atoms with E-state index in [2.05, 4.69) is 19.2 Å². The molecule has 4 heteroatoms.